The molecule has 0 N–H and O–H groups in total. The number of carbonyl (C=O) groups excluding carboxylic acids is 2. The molecule has 0 bridgehead atoms. The number of sulfone groups is 1. The Morgan fingerprint density at radius 2 is 1.96 bits per heavy atom. The molecule has 6 nitrogen and oxygen atoms in total. The number of unbranched alkanes of at least 4 members (excludes halogenated alkanes) is 1. The average molecular weight is 411 g/mol. The molecule has 1 aromatic rings. The second-order valence-electron chi connectivity index (χ2n) is 7.61. The second kappa shape index (κ2) is 8.59. The molecule has 1 saturated carbocycles. The Hall–Kier alpha value is -1.96. The van der Waals surface area contributed by atoms with Crippen molar-refractivity contribution in [3.8, 4) is 0 Å². The molecule has 1 amide bonds. The molecule has 154 valence electrons. The Morgan fingerprint density at radius 1 is 1.25 bits per heavy atom. The van der Waals surface area contributed by atoms with Crippen LogP contribution in [0.15, 0.2) is 24.3 Å². The molecule has 3 rings (SSSR count). The minimum Gasteiger partial charge on any atom is -0.455 e. The minimum atomic E-state index is -3.10. The van der Waals surface area contributed by atoms with Crippen LogP contribution in [-0.4, -0.2) is 55.9 Å². The van der Waals surface area contributed by atoms with Crippen LogP contribution in [0.1, 0.15) is 44.1 Å². The quantitative estimate of drug-likeness (QED) is 0.613. The van der Waals surface area contributed by atoms with Gasteiger partial charge in [0.2, 0.25) is 0 Å². The highest BCUT2D eigenvalue weighted by molar-refractivity contribution is 7.91. The molecule has 1 heterocycles. The van der Waals surface area contributed by atoms with Crippen LogP contribution >= 0.6 is 0 Å². The van der Waals surface area contributed by atoms with E-state index in [0.29, 0.717) is 19.4 Å². The molecule has 0 spiro atoms. The van der Waals surface area contributed by atoms with Gasteiger partial charge in [-0.15, -0.1) is 0 Å². The number of esters is 1. The van der Waals surface area contributed by atoms with E-state index in [0.717, 1.165) is 18.4 Å². The molecule has 0 radical (unpaired) electrons. The summed E-state index contributed by atoms with van der Waals surface area (Å²) in [4.78, 5) is 26.4. The van der Waals surface area contributed by atoms with Gasteiger partial charge >= 0.3 is 5.97 Å². The molecule has 3 unspecified atom stereocenters. The van der Waals surface area contributed by atoms with Crippen LogP contribution in [0, 0.1) is 11.7 Å². The van der Waals surface area contributed by atoms with Crippen LogP contribution in [0.4, 0.5) is 4.39 Å². The standard InChI is InChI=1S/C20H26FNO5S/c1-2-3-9-22(16-8-10-28(25,26)13-16)19(23)12-27-20(24)18-11-17(18)14-4-6-15(21)7-5-14/h4-7,16-18H,2-3,8-13H2,1H3. The molecule has 28 heavy (non-hydrogen) atoms. The fraction of sp³-hybridized carbons (Fsp3) is 0.600. The number of amides is 1. The van der Waals surface area contributed by atoms with Crippen molar-refractivity contribution in [2.24, 2.45) is 5.92 Å². The minimum absolute atomic E-state index is 0.000582. The third-order valence-corrected chi connectivity index (χ3v) is 7.20. The molecule has 0 aromatic heterocycles. The predicted octanol–water partition coefficient (Wildman–Crippen LogP) is 2.29. The van der Waals surface area contributed by atoms with E-state index in [1.807, 2.05) is 6.92 Å². The van der Waals surface area contributed by atoms with Crippen molar-refractivity contribution in [3.63, 3.8) is 0 Å². The number of halogens is 1. The summed E-state index contributed by atoms with van der Waals surface area (Å²) < 4.78 is 41.7. The third-order valence-electron chi connectivity index (χ3n) is 5.45. The first-order chi connectivity index (χ1) is 13.3. The van der Waals surface area contributed by atoms with Crippen LogP contribution in [0.25, 0.3) is 0 Å². The maximum Gasteiger partial charge on any atom is 0.310 e. The lowest BCUT2D eigenvalue weighted by molar-refractivity contribution is -0.154. The number of nitrogens with zero attached hydrogens (tertiary/aromatic N) is 1. The van der Waals surface area contributed by atoms with E-state index in [-0.39, 0.29) is 47.7 Å². The fourth-order valence-electron chi connectivity index (χ4n) is 3.72. The van der Waals surface area contributed by atoms with Crippen molar-refractivity contribution >= 4 is 21.7 Å². The van der Waals surface area contributed by atoms with Gasteiger partial charge in [0.1, 0.15) is 5.82 Å². The van der Waals surface area contributed by atoms with Gasteiger partial charge in [-0.1, -0.05) is 25.5 Å². The highest BCUT2D eigenvalue weighted by Gasteiger charge is 2.45. The van der Waals surface area contributed by atoms with Crippen molar-refractivity contribution < 1.29 is 27.1 Å². The van der Waals surface area contributed by atoms with Crippen molar-refractivity contribution in [3.05, 3.63) is 35.6 Å². The zero-order valence-corrected chi connectivity index (χ0v) is 16.8. The lowest BCUT2D eigenvalue weighted by atomic mass is 10.1. The first-order valence-corrected chi connectivity index (χ1v) is 11.5. The molecule has 1 aliphatic carbocycles. The van der Waals surface area contributed by atoms with Crippen molar-refractivity contribution in [1.29, 1.82) is 0 Å². The molecule has 1 saturated heterocycles. The first kappa shape index (κ1) is 20.8. The summed E-state index contributed by atoms with van der Waals surface area (Å²) in [6, 6.07) is 5.70. The van der Waals surface area contributed by atoms with Gasteiger partial charge in [0.15, 0.2) is 16.4 Å². The van der Waals surface area contributed by atoms with Gasteiger partial charge in [-0.25, -0.2) is 12.8 Å². The Balaban J connectivity index is 1.52. The van der Waals surface area contributed by atoms with E-state index >= 15 is 0 Å². The smallest absolute Gasteiger partial charge is 0.310 e. The summed E-state index contributed by atoms with van der Waals surface area (Å²) in [5, 5.41) is 0. The van der Waals surface area contributed by atoms with Crippen LogP contribution in [0.3, 0.4) is 0 Å². The summed E-state index contributed by atoms with van der Waals surface area (Å²) >= 11 is 0. The molecule has 1 aromatic carbocycles. The Kier molecular flexibility index (Phi) is 6.37. The van der Waals surface area contributed by atoms with Gasteiger partial charge in [0, 0.05) is 12.6 Å². The summed E-state index contributed by atoms with van der Waals surface area (Å²) in [5.74, 6) is -1.34. The van der Waals surface area contributed by atoms with Crippen molar-refractivity contribution in [1.82, 2.24) is 4.90 Å². The van der Waals surface area contributed by atoms with Gasteiger partial charge in [0.25, 0.3) is 5.91 Å². The van der Waals surface area contributed by atoms with Crippen LogP contribution in [0.5, 0.6) is 0 Å². The van der Waals surface area contributed by atoms with E-state index in [4.69, 9.17) is 4.74 Å². The Labute approximate surface area is 165 Å². The fourth-order valence-corrected chi connectivity index (χ4v) is 5.45. The summed E-state index contributed by atoms with van der Waals surface area (Å²) in [6.07, 6.45) is 2.70. The van der Waals surface area contributed by atoms with Gasteiger partial charge in [-0.05, 0) is 42.9 Å². The summed E-state index contributed by atoms with van der Waals surface area (Å²) in [5.41, 5.74) is 0.885. The van der Waals surface area contributed by atoms with Gasteiger partial charge in [-0.2, -0.15) is 0 Å². The lowest BCUT2D eigenvalue weighted by Gasteiger charge is -2.28. The molecule has 1 aliphatic heterocycles. The number of ether oxygens (including phenoxy) is 1. The van der Waals surface area contributed by atoms with E-state index in [1.54, 1.807) is 17.0 Å². The number of rotatable bonds is 8. The third kappa shape index (κ3) is 5.10. The number of benzene rings is 1. The highest BCUT2D eigenvalue weighted by atomic mass is 32.2. The SMILES string of the molecule is CCCCN(C(=O)COC(=O)C1CC1c1ccc(F)cc1)C1CCS(=O)(=O)C1. The van der Waals surface area contributed by atoms with Crippen LogP contribution in [0.2, 0.25) is 0 Å². The van der Waals surface area contributed by atoms with Crippen LogP contribution in [-0.2, 0) is 24.2 Å². The number of carbonyl (C=O) groups is 2. The second-order valence-corrected chi connectivity index (χ2v) is 9.83. The summed E-state index contributed by atoms with van der Waals surface area (Å²) in [6.45, 7) is 2.09. The molecule has 3 atom stereocenters. The number of hydrogen-bond donors (Lipinski definition) is 0. The largest absolute Gasteiger partial charge is 0.455 e. The van der Waals surface area contributed by atoms with E-state index < -0.39 is 15.8 Å². The molecule has 8 heteroatoms. The molecule has 2 fully saturated rings. The first-order valence-electron chi connectivity index (χ1n) is 9.72. The van der Waals surface area contributed by atoms with E-state index in [1.165, 1.54) is 12.1 Å². The average Bonchev–Trinajstić information content (AvgIpc) is 3.38. The normalized spacial score (nSPS) is 25.3. The van der Waals surface area contributed by atoms with E-state index in [2.05, 4.69) is 0 Å². The zero-order valence-electron chi connectivity index (χ0n) is 16.0. The Bertz CT molecular complexity index is 824. The maximum absolute atomic E-state index is 13.0. The predicted molar refractivity (Wildman–Crippen MR) is 102 cm³/mol. The highest BCUT2D eigenvalue weighted by Crippen LogP contribution is 2.48. The van der Waals surface area contributed by atoms with Gasteiger partial charge in [-0.3, -0.25) is 9.59 Å². The van der Waals surface area contributed by atoms with Crippen molar-refractivity contribution in [2.75, 3.05) is 24.7 Å². The maximum atomic E-state index is 13.0. The Morgan fingerprint density at radius 3 is 2.57 bits per heavy atom. The molecular formula is C20H26FNO5S. The van der Waals surface area contributed by atoms with Gasteiger partial charge in [0.05, 0.1) is 17.4 Å². The van der Waals surface area contributed by atoms with E-state index in [9.17, 15) is 22.4 Å². The van der Waals surface area contributed by atoms with Gasteiger partial charge < -0.3 is 9.64 Å². The topological polar surface area (TPSA) is 80.8 Å². The monoisotopic (exact) mass is 411 g/mol. The lowest BCUT2D eigenvalue weighted by Crippen LogP contribution is -2.44. The van der Waals surface area contributed by atoms with Crippen LogP contribution < -0.4 is 0 Å². The number of hydrogen-bond acceptors (Lipinski definition) is 5. The zero-order chi connectivity index (χ0) is 20.3. The molecule has 2 aliphatic rings. The van der Waals surface area contributed by atoms with Crippen molar-refractivity contribution in [2.45, 2.75) is 44.6 Å². The molecular weight excluding hydrogens is 385 g/mol. The summed E-state index contributed by atoms with van der Waals surface area (Å²) in [7, 11) is -3.10.